The summed E-state index contributed by atoms with van der Waals surface area (Å²) in [7, 11) is 0. The quantitative estimate of drug-likeness (QED) is 0.785. The Balaban J connectivity index is 2.78. The van der Waals surface area contributed by atoms with Gasteiger partial charge in [-0.15, -0.1) is 0 Å². The predicted molar refractivity (Wildman–Crippen MR) is 67.5 cm³/mol. The predicted octanol–water partition coefficient (Wildman–Crippen LogP) is 2.12. The zero-order valence-corrected chi connectivity index (χ0v) is 10.7. The standard InChI is InChI=1S/C14H18O4/c1-3-18-14(17)9-12-6-4-5-11(10(12)2)7-8-13(15)16/h4-6H,3,7-9H2,1-2H3,(H,15,16). The lowest BCUT2D eigenvalue weighted by Gasteiger charge is -2.10. The van der Waals surface area contributed by atoms with Crippen LogP contribution >= 0.6 is 0 Å². The van der Waals surface area contributed by atoms with Gasteiger partial charge in [0.2, 0.25) is 0 Å². The monoisotopic (exact) mass is 250 g/mol. The molecular weight excluding hydrogens is 232 g/mol. The number of carbonyl (C=O) groups excluding carboxylic acids is 1. The molecular formula is C14H18O4. The van der Waals surface area contributed by atoms with Crippen LogP contribution in [0.25, 0.3) is 0 Å². The maximum atomic E-state index is 11.4. The number of aryl methyl sites for hydroxylation is 1. The average Bonchev–Trinajstić information content (AvgIpc) is 2.30. The molecule has 4 nitrogen and oxygen atoms in total. The first-order chi connectivity index (χ1) is 8.54. The molecule has 0 amide bonds. The molecule has 0 radical (unpaired) electrons. The summed E-state index contributed by atoms with van der Waals surface area (Å²) >= 11 is 0. The molecule has 0 aliphatic carbocycles. The summed E-state index contributed by atoms with van der Waals surface area (Å²) in [6.07, 6.45) is 0.822. The van der Waals surface area contributed by atoms with E-state index in [2.05, 4.69) is 0 Å². The third-order valence-electron chi connectivity index (χ3n) is 2.81. The highest BCUT2D eigenvalue weighted by atomic mass is 16.5. The normalized spacial score (nSPS) is 10.1. The molecule has 0 aromatic heterocycles. The molecule has 0 atom stereocenters. The Morgan fingerprint density at radius 2 is 1.94 bits per heavy atom. The first-order valence-corrected chi connectivity index (χ1v) is 5.99. The number of aliphatic carboxylic acids is 1. The smallest absolute Gasteiger partial charge is 0.310 e. The van der Waals surface area contributed by atoms with Gasteiger partial charge in [-0.3, -0.25) is 9.59 Å². The number of carboxylic acids is 1. The topological polar surface area (TPSA) is 63.6 Å². The molecule has 0 heterocycles. The molecule has 4 heteroatoms. The second-order valence-corrected chi connectivity index (χ2v) is 4.08. The summed E-state index contributed by atoms with van der Waals surface area (Å²) < 4.78 is 4.91. The molecule has 0 aliphatic heterocycles. The van der Waals surface area contributed by atoms with Gasteiger partial charge in [-0.05, 0) is 37.0 Å². The second-order valence-electron chi connectivity index (χ2n) is 4.08. The van der Waals surface area contributed by atoms with Crippen molar-refractivity contribution in [2.24, 2.45) is 0 Å². The number of hydrogen-bond acceptors (Lipinski definition) is 3. The highest BCUT2D eigenvalue weighted by Crippen LogP contribution is 2.16. The van der Waals surface area contributed by atoms with Crippen LogP contribution in [0.5, 0.6) is 0 Å². The molecule has 98 valence electrons. The lowest BCUT2D eigenvalue weighted by molar-refractivity contribution is -0.142. The summed E-state index contributed by atoms with van der Waals surface area (Å²) in [6, 6.07) is 5.61. The second kappa shape index (κ2) is 6.79. The van der Waals surface area contributed by atoms with E-state index in [1.165, 1.54) is 0 Å². The third kappa shape index (κ3) is 4.20. The van der Waals surface area contributed by atoms with Gasteiger partial charge >= 0.3 is 11.9 Å². The van der Waals surface area contributed by atoms with Gasteiger partial charge in [0, 0.05) is 6.42 Å². The van der Waals surface area contributed by atoms with E-state index < -0.39 is 5.97 Å². The Bertz CT molecular complexity index is 437. The molecule has 18 heavy (non-hydrogen) atoms. The van der Waals surface area contributed by atoms with Crippen molar-refractivity contribution in [3.05, 3.63) is 34.9 Å². The van der Waals surface area contributed by atoms with E-state index in [-0.39, 0.29) is 18.8 Å². The Kier molecular flexibility index (Phi) is 5.36. The Labute approximate surface area is 107 Å². The summed E-state index contributed by atoms with van der Waals surface area (Å²) in [4.78, 5) is 22.0. The van der Waals surface area contributed by atoms with Crippen LogP contribution in [0.4, 0.5) is 0 Å². The first-order valence-electron chi connectivity index (χ1n) is 5.99. The number of rotatable bonds is 6. The number of hydrogen-bond donors (Lipinski definition) is 1. The highest BCUT2D eigenvalue weighted by molar-refractivity contribution is 5.73. The van der Waals surface area contributed by atoms with Gasteiger partial charge in [-0.2, -0.15) is 0 Å². The Morgan fingerprint density at radius 1 is 1.28 bits per heavy atom. The fourth-order valence-electron chi connectivity index (χ4n) is 1.81. The lowest BCUT2D eigenvalue weighted by atomic mass is 9.97. The fourth-order valence-corrected chi connectivity index (χ4v) is 1.81. The van der Waals surface area contributed by atoms with Gasteiger partial charge in [0.1, 0.15) is 0 Å². The molecule has 0 saturated carbocycles. The minimum absolute atomic E-state index is 0.101. The number of carbonyl (C=O) groups is 2. The minimum Gasteiger partial charge on any atom is -0.481 e. The molecule has 0 saturated heterocycles. The van der Waals surface area contributed by atoms with Gasteiger partial charge in [-0.1, -0.05) is 18.2 Å². The van der Waals surface area contributed by atoms with Crippen molar-refractivity contribution >= 4 is 11.9 Å². The van der Waals surface area contributed by atoms with E-state index in [0.29, 0.717) is 13.0 Å². The van der Waals surface area contributed by atoms with Gasteiger partial charge in [0.15, 0.2) is 0 Å². The van der Waals surface area contributed by atoms with E-state index in [4.69, 9.17) is 9.84 Å². The van der Waals surface area contributed by atoms with E-state index in [0.717, 1.165) is 16.7 Å². The van der Waals surface area contributed by atoms with Crippen molar-refractivity contribution in [3.63, 3.8) is 0 Å². The van der Waals surface area contributed by atoms with Crippen LogP contribution in [0, 0.1) is 6.92 Å². The zero-order valence-electron chi connectivity index (χ0n) is 10.7. The maximum Gasteiger partial charge on any atom is 0.310 e. The van der Waals surface area contributed by atoms with Crippen LogP contribution in [0.3, 0.4) is 0 Å². The highest BCUT2D eigenvalue weighted by Gasteiger charge is 2.10. The molecule has 0 aliphatic rings. The van der Waals surface area contributed by atoms with E-state index in [9.17, 15) is 9.59 Å². The van der Waals surface area contributed by atoms with Crippen LogP contribution in [0.15, 0.2) is 18.2 Å². The van der Waals surface area contributed by atoms with Crippen molar-refractivity contribution in [2.45, 2.75) is 33.1 Å². The van der Waals surface area contributed by atoms with Crippen LogP contribution in [-0.2, 0) is 27.2 Å². The van der Waals surface area contributed by atoms with Crippen LogP contribution < -0.4 is 0 Å². The number of benzene rings is 1. The first kappa shape index (κ1) is 14.2. The third-order valence-corrected chi connectivity index (χ3v) is 2.81. The molecule has 0 spiro atoms. The summed E-state index contributed by atoms with van der Waals surface area (Å²) in [5, 5.41) is 8.68. The van der Waals surface area contributed by atoms with E-state index in [1.807, 2.05) is 25.1 Å². The summed E-state index contributed by atoms with van der Waals surface area (Å²) in [6.45, 7) is 4.05. The molecule has 1 aromatic rings. The molecule has 1 aromatic carbocycles. The van der Waals surface area contributed by atoms with Crippen LogP contribution in [0.1, 0.15) is 30.0 Å². The minimum atomic E-state index is -0.815. The largest absolute Gasteiger partial charge is 0.481 e. The van der Waals surface area contributed by atoms with E-state index in [1.54, 1.807) is 6.92 Å². The summed E-state index contributed by atoms with van der Waals surface area (Å²) in [5.74, 6) is -1.07. The lowest BCUT2D eigenvalue weighted by Crippen LogP contribution is -2.09. The summed E-state index contributed by atoms with van der Waals surface area (Å²) in [5.41, 5.74) is 2.85. The number of esters is 1. The van der Waals surface area contributed by atoms with Gasteiger partial charge in [0.25, 0.3) is 0 Å². The number of ether oxygens (including phenoxy) is 1. The van der Waals surface area contributed by atoms with Crippen molar-refractivity contribution in [3.8, 4) is 0 Å². The zero-order chi connectivity index (χ0) is 13.5. The SMILES string of the molecule is CCOC(=O)Cc1cccc(CCC(=O)O)c1C. The Hall–Kier alpha value is -1.84. The molecule has 1 N–H and O–H groups in total. The van der Waals surface area contributed by atoms with Gasteiger partial charge in [0.05, 0.1) is 13.0 Å². The molecule has 0 fully saturated rings. The molecule has 0 unspecified atom stereocenters. The van der Waals surface area contributed by atoms with Crippen molar-refractivity contribution in [1.29, 1.82) is 0 Å². The maximum absolute atomic E-state index is 11.4. The number of carboxylic acid groups (broad SMARTS) is 1. The molecule has 1 rings (SSSR count). The van der Waals surface area contributed by atoms with E-state index >= 15 is 0 Å². The van der Waals surface area contributed by atoms with Gasteiger partial charge < -0.3 is 9.84 Å². The van der Waals surface area contributed by atoms with Crippen molar-refractivity contribution in [1.82, 2.24) is 0 Å². The fraction of sp³-hybridized carbons (Fsp3) is 0.429. The van der Waals surface area contributed by atoms with Crippen molar-refractivity contribution in [2.75, 3.05) is 6.61 Å². The average molecular weight is 250 g/mol. The Morgan fingerprint density at radius 3 is 2.56 bits per heavy atom. The van der Waals surface area contributed by atoms with Crippen LogP contribution in [-0.4, -0.2) is 23.7 Å². The molecule has 0 bridgehead atoms. The van der Waals surface area contributed by atoms with Crippen LogP contribution in [0.2, 0.25) is 0 Å². The van der Waals surface area contributed by atoms with Gasteiger partial charge in [-0.25, -0.2) is 0 Å². The van der Waals surface area contributed by atoms with Crippen molar-refractivity contribution < 1.29 is 19.4 Å².